The first-order valence-corrected chi connectivity index (χ1v) is 7.46. The molecule has 2 atom stereocenters. The van der Waals surface area contributed by atoms with Crippen LogP contribution in [0.25, 0.3) is 10.9 Å². The summed E-state index contributed by atoms with van der Waals surface area (Å²) in [5.74, 6) is 1.52. The number of benzene rings is 1. The van der Waals surface area contributed by atoms with Crippen molar-refractivity contribution in [1.29, 1.82) is 0 Å². The first-order chi connectivity index (χ1) is 9.76. The van der Waals surface area contributed by atoms with Crippen molar-refractivity contribution >= 4 is 10.9 Å². The molecule has 20 heavy (non-hydrogen) atoms. The van der Waals surface area contributed by atoms with Crippen LogP contribution in [0.5, 0.6) is 5.75 Å². The highest BCUT2D eigenvalue weighted by Gasteiger charge is 2.15. The molecule has 2 rings (SSSR count). The van der Waals surface area contributed by atoms with E-state index in [2.05, 4.69) is 37.1 Å². The number of hydrogen-bond donors (Lipinski definition) is 1. The van der Waals surface area contributed by atoms with Crippen LogP contribution in [0, 0.1) is 5.92 Å². The molecule has 0 spiro atoms. The van der Waals surface area contributed by atoms with E-state index in [9.17, 15) is 0 Å². The fourth-order valence-corrected chi connectivity index (χ4v) is 2.35. The van der Waals surface area contributed by atoms with Gasteiger partial charge in [0.05, 0.1) is 5.52 Å². The normalized spacial score (nSPS) is 14.2. The highest BCUT2D eigenvalue weighted by molar-refractivity contribution is 5.84. The first-order valence-electron chi connectivity index (χ1n) is 7.46. The number of nitrogens with zero attached hydrogens (tertiary/aromatic N) is 1. The third-order valence-corrected chi connectivity index (χ3v) is 3.82. The van der Waals surface area contributed by atoms with Gasteiger partial charge in [0.15, 0.2) is 0 Å². The first kappa shape index (κ1) is 14.8. The summed E-state index contributed by atoms with van der Waals surface area (Å²) in [6, 6.07) is 10.4. The van der Waals surface area contributed by atoms with Crippen LogP contribution in [-0.4, -0.2) is 24.2 Å². The average molecular weight is 272 g/mol. The molecule has 2 aromatic rings. The number of hydrogen-bond acceptors (Lipinski definition) is 3. The fraction of sp³-hybridized carbons (Fsp3) is 0.471. The molecule has 108 valence electrons. The lowest BCUT2D eigenvalue weighted by Crippen LogP contribution is -2.39. The molecule has 0 aliphatic heterocycles. The summed E-state index contributed by atoms with van der Waals surface area (Å²) in [6.07, 6.45) is 2.96. The third kappa shape index (κ3) is 3.48. The maximum atomic E-state index is 6.05. The van der Waals surface area contributed by atoms with Gasteiger partial charge in [-0.3, -0.25) is 4.98 Å². The predicted molar refractivity (Wildman–Crippen MR) is 84.2 cm³/mol. The maximum Gasteiger partial charge on any atom is 0.128 e. The Morgan fingerprint density at radius 2 is 2.05 bits per heavy atom. The van der Waals surface area contributed by atoms with E-state index in [1.54, 1.807) is 0 Å². The largest absolute Gasteiger partial charge is 0.491 e. The van der Waals surface area contributed by atoms with E-state index < -0.39 is 0 Å². The summed E-state index contributed by atoms with van der Waals surface area (Å²) < 4.78 is 6.05. The second-order valence-corrected chi connectivity index (χ2v) is 5.19. The Hall–Kier alpha value is -1.61. The highest BCUT2D eigenvalue weighted by atomic mass is 16.5. The quantitative estimate of drug-likeness (QED) is 0.835. The van der Waals surface area contributed by atoms with Gasteiger partial charge in [0.1, 0.15) is 12.4 Å². The van der Waals surface area contributed by atoms with Gasteiger partial charge in [-0.1, -0.05) is 33.3 Å². The summed E-state index contributed by atoms with van der Waals surface area (Å²) >= 11 is 0. The minimum Gasteiger partial charge on any atom is -0.491 e. The third-order valence-electron chi connectivity index (χ3n) is 3.82. The number of ether oxygens (including phenoxy) is 1. The van der Waals surface area contributed by atoms with E-state index in [4.69, 9.17) is 4.74 Å². The molecule has 1 aromatic heterocycles. The van der Waals surface area contributed by atoms with Gasteiger partial charge in [-0.2, -0.15) is 0 Å². The molecule has 0 aliphatic rings. The molecule has 2 unspecified atom stereocenters. The van der Waals surface area contributed by atoms with Gasteiger partial charge in [-0.15, -0.1) is 0 Å². The summed E-state index contributed by atoms with van der Waals surface area (Å²) in [5, 5.41) is 4.59. The standard InChI is InChI=1S/C17H24N2O/c1-4-13(3)16(18-5-2)12-20-17-10-6-9-15-14(17)8-7-11-19-15/h6-11,13,16,18H,4-5,12H2,1-3H3. The van der Waals surface area contributed by atoms with Crippen LogP contribution in [0.2, 0.25) is 0 Å². The van der Waals surface area contributed by atoms with Gasteiger partial charge >= 0.3 is 0 Å². The van der Waals surface area contributed by atoms with Crippen molar-refractivity contribution in [2.75, 3.05) is 13.2 Å². The molecule has 0 aliphatic carbocycles. The van der Waals surface area contributed by atoms with Gasteiger partial charge in [-0.25, -0.2) is 0 Å². The Morgan fingerprint density at radius 1 is 1.20 bits per heavy atom. The van der Waals surface area contributed by atoms with E-state index in [-0.39, 0.29) is 0 Å². The van der Waals surface area contributed by atoms with E-state index in [0.29, 0.717) is 18.6 Å². The zero-order valence-corrected chi connectivity index (χ0v) is 12.6. The number of likely N-dealkylation sites (N-methyl/N-ethyl adjacent to an activating group) is 1. The Balaban J connectivity index is 2.11. The molecule has 3 heteroatoms. The summed E-state index contributed by atoms with van der Waals surface area (Å²) in [5.41, 5.74) is 0.980. The molecule has 0 saturated carbocycles. The van der Waals surface area contributed by atoms with Crippen LogP contribution >= 0.6 is 0 Å². The molecular formula is C17H24N2O. The van der Waals surface area contributed by atoms with Crippen LogP contribution in [0.1, 0.15) is 27.2 Å². The van der Waals surface area contributed by atoms with Gasteiger partial charge < -0.3 is 10.1 Å². The van der Waals surface area contributed by atoms with E-state index in [1.807, 2.05) is 30.5 Å². The van der Waals surface area contributed by atoms with Crippen molar-refractivity contribution in [3.63, 3.8) is 0 Å². The van der Waals surface area contributed by atoms with Crippen molar-refractivity contribution in [1.82, 2.24) is 10.3 Å². The molecule has 1 aromatic carbocycles. The zero-order chi connectivity index (χ0) is 14.4. The Kier molecular flexibility index (Phi) is 5.36. The number of rotatable bonds is 7. The number of aromatic nitrogens is 1. The van der Waals surface area contributed by atoms with Crippen LogP contribution in [0.4, 0.5) is 0 Å². The minimum absolute atomic E-state index is 0.386. The van der Waals surface area contributed by atoms with Crippen LogP contribution < -0.4 is 10.1 Å². The second kappa shape index (κ2) is 7.25. The lowest BCUT2D eigenvalue weighted by Gasteiger charge is -2.24. The highest BCUT2D eigenvalue weighted by Crippen LogP contribution is 2.24. The Morgan fingerprint density at radius 3 is 2.80 bits per heavy atom. The number of nitrogens with one attached hydrogen (secondary N) is 1. The zero-order valence-electron chi connectivity index (χ0n) is 12.6. The van der Waals surface area contributed by atoms with Crippen LogP contribution in [0.15, 0.2) is 36.5 Å². The second-order valence-electron chi connectivity index (χ2n) is 5.19. The van der Waals surface area contributed by atoms with Gasteiger partial charge in [0, 0.05) is 17.6 Å². The van der Waals surface area contributed by atoms with Crippen molar-refractivity contribution in [2.45, 2.75) is 33.2 Å². The van der Waals surface area contributed by atoms with E-state index >= 15 is 0 Å². The maximum absolute atomic E-state index is 6.05. The van der Waals surface area contributed by atoms with Gasteiger partial charge in [0.25, 0.3) is 0 Å². The van der Waals surface area contributed by atoms with Gasteiger partial charge in [0.2, 0.25) is 0 Å². The van der Waals surface area contributed by atoms with Crippen LogP contribution in [0.3, 0.4) is 0 Å². The molecule has 3 nitrogen and oxygen atoms in total. The molecule has 0 radical (unpaired) electrons. The fourth-order valence-electron chi connectivity index (χ4n) is 2.35. The van der Waals surface area contributed by atoms with Gasteiger partial charge in [-0.05, 0) is 36.7 Å². The topological polar surface area (TPSA) is 34.1 Å². The lowest BCUT2D eigenvalue weighted by atomic mass is 10.00. The smallest absolute Gasteiger partial charge is 0.128 e. The monoisotopic (exact) mass is 272 g/mol. The molecule has 0 fully saturated rings. The molecule has 1 N–H and O–H groups in total. The minimum atomic E-state index is 0.386. The molecule has 0 saturated heterocycles. The van der Waals surface area contributed by atoms with Crippen LogP contribution in [-0.2, 0) is 0 Å². The Labute approximate surface area is 121 Å². The van der Waals surface area contributed by atoms with E-state index in [1.165, 1.54) is 0 Å². The molecule has 0 amide bonds. The SMILES string of the molecule is CCNC(COc1cccc2ncccc12)C(C)CC. The molecule has 1 heterocycles. The van der Waals surface area contributed by atoms with Crippen molar-refractivity contribution in [3.05, 3.63) is 36.5 Å². The lowest BCUT2D eigenvalue weighted by molar-refractivity contribution is 0.224. The predicted octanol–water partition coefficient (Wildman–Crippen LogP) is 3.64. The Bertz CT molecular complexity index is 536. The summed E-state index contributed by atoms with van der Waals surface area (Å²) in [7, 11) is 0. The van der Waals surface area contributed by atoms with Crippen molar-refractivity contribution in [3.8, 4) is 5.75 Å². The average Bonchev–Trinajstić information content (AvgIpc) is 2.50. The molecule has 0 bridgehead atoms. The molecular weight excluding hydrogens is 248 g/mol. The van der Waals surface area contributed by atoms with E-state index in [0.717, 1.165) is 29.6 Å². The van der Waals surface area contributed by atoms with Crippen molar-refractivity contribution in [2.24, 2.45) is 5.92 Å². The van der Waals surface area contributed by atoms with Crippen molar-refractivity contribution < 1.29 is 4.74 Å². The summed E-state index contributed by atoms with van der Waals surface area (Å²) in [4.78, 5) is 4.36. The summed E-state index contributed by atoms with van der Waals surface area (Å²) in [6.45, 7) is 8.28. The number of fused-ring (bicyclic) bond motifs is 1. The number of pyridine rings is 1.